The summed E-state index contributed by atoms with van der Waals surface area (Å²) < 4.78 is 44.9. The van der Waals surface area contributed by atoms with Crippen molar-refractivity contribution in [3.05, 3.63) is 40.7 Å². The predicted molar refractivity (Wildman–Crippen MR) is 105 cm³/mol. The first-order chi connectivity index (χ1) is 13.7. The second kappa shape index (κ2) is 8.46. The van der Waals surface area contributed by atoms with Gasteiger partial charge in [-0.25, -0.2) is 17.8 Å². The van der Waals surface area contributed by atoms with Crippen LogP contribution in [0, 0.1) is 18.7 Å². The van der Waals surface area contributed by atoms with Gasteiger partial charge in [-0.15, -0.1) is 0 Å². The number of nitrogens with zero attached hydrogens (tertiary/aromatic N) is 2. The lowest BCUT2D eigenvalue weighted by Gasteiger charge is -2.30. The highest BCUT2D eigenvalue weighted by Crippen LogP contribution is 2.28. The summed E-state index contributed by atoms with van der Waals surface area (Å²) >= 11 is 0.939. The van der Waals surface area contributed by atoms with Crippen LogP contribution in [-0.2, 0) is 19.6 Å². The molecule has 1 fully saturated rings. The summed E-state index contributed by atoms with van der Waals surface area (Å²) in [6, 6.07) is 4.40. The SMILES string of the molecule is COC(=O)C1CCN(C(=O)c2sc(NS(=O)(=O)c3ccc(F)cc3)nc2C)CC1. The summed E-state index contributed by atoms with van der Waals surface area (Å²) in [5.41, 5.74) is 0.409. The number of methoxy groups -OCH3 is 1. The lowest BCUT2D eigenvalue weighted by atomic mass is 9.97. The summed E-state index contributed by atoms with van der Waals surface area (Å²) in [5.74, 6) is -1.29. The monoisotopic (exact) mass is 441 g/mol. The number of piperidine rings is 1. The number of aryl methyl sites for hydroxylation is 1. The van der Waals surface area contributed by atoms with Crippen molar-refractivity contribution in [1.29, 1.82) is 0 Å². The van der Waals surface area contributed by atoms with E-state index in [0.29, 0.717) is 36.5 Å². The fraction of sp³-hybridized carbons (Fsp3) is 0.389. The lowest BCUT2D eigenvalue weighted by molar-refractivity contribution is -0.146. The molecule has 0 atom stereocenters. The molecule has 1 saturated heterocycles. The van der Waals surface area contributed by atoms with E-state index in [0.717, 1.165) is 35.6 Å². The summed E-state index contributed by atoms with van der Waals surface area (Å²) in [6.45, 7) is 2.44. The Morgan fingerprint density at radius 1 is 1.24 bits per heavy atom. The number of ether oxygens (including phenoxy) is 1. The van der Waals surface area contributed by atoms with E-state index >= 15 is 0 Å². The number of rotatable bonds is 5. The molecule has 1 aliphatic rings. The van der Waals surface area contributed by atoms with E-state index in [1.165, 1.54) is 7.11 Å². The van der Waals surface area contributed by atoms with Crippen LogP contribution >= 0.6 is 11.3 Å². The molecule has 0 aliphatic carbocycles. The summed E-state index contributed by atoms with van der Waals surface area (Å²) in [5, 5.41) is 0.0552. The molecule has 2 aromatic rings. The second-order valence-corrected chi connectivity index (χ2v) is 9.26. The zero-order chi connectivity index (χ0) is 21.2. The number of amides is 1. The average molecular weight is 442 g/mol. The number of likely N-dealkylation sites (tertiary alicyclic amines) is 1. The Bertz CT molecular complexity index is 1010. The average Bonchev–Trinajstić information content (AvgIpc) is 3.06. The van der Waals surface area contributed by atoms with Crippen molar-refractivity contribution >= 4 is 38.4 Å². The Kier molecular flexibility index (Phi) is 6.18. The van der Waals surface area contributed by atoms with Crippen LogP contribution in [0.1, 0.15) is 28.2 Å². The molecule has 0 bridgehead atoms. The number of hydrogen-bond acceptors (Lipinski definition) is 7. The minimum absolute atomic E-state index is 0.0552. The van der Waals surface area contributed by atoms with E-state index in [4.69, 9.17) is 4.74 Å². The minimum atomic E-state index is -3.95. The Balaban J connectivity index is 1.71. The number of benzene rings is 1. The molecular formula is C18H20FN3O5S2. The number of esters is 1. The third-order valence-corrected chi connectivity index (χ3v) is 7.20. The van der Waals surface area contributed by atoms with E-state index in [9.17, 15) is 22.4 Å². The van der Waals surface area contributed by atoms with Crippen LogP contribution in [0.4, 0.5) is 9.52 Å². The molecule has 156 valence electrons. The van der Waals surface area contributed by atoms with Gasteiger partial charge < -0.3 is 9.64 Å². The highest BCUT2D eigenvalue weighted by Gasteiger charge is 2.30. The molecule has 0 spiro atoms. The van der Waals surface area contributed by atoms with E-state index in [1.54, 1.807) is 11.8 Å². The first-order valence-electron chi connectivity index (χ1n) is 8.84. The van der Waals surface area contributed by atoms with Gasteiger partial charge in [-0.3, -0.25) is 14.3 Å². The van der Waals surface area contributed by atoms with Gasteiger partial charge in [0.1, 0.15) is 10.7 Å². The molecule has 2 heterocycles. The van der Waals surface area contributed by atoms with Crippen LogP contribution in [0.3, 0.4) is 0 Å². The Labute approximate surface area is 171 Å². The Hall–Kier alpha value is -2.53. The zero-order valence-electron chi connectivity index (χ0n) is 15.8. The van der Waals surface area contributed by atoms with Gasteiger partial charge >= 0.3 is 5.97 Å². The van der Waals surface area contributed by atoms with E-state index < -0.39 is 15.8 Å². The van der Waals surface area contributed by atoms with Gasteiger partial charge in [-0.05, 0) is 44.0 Å². The third-order valence-electron chi connectivity index (χ3n) is 4.65. The number of hydrogen-bond donors (Lipinski definition) is 1. The maximum absolute atomic E-state index is 13.0. The molecule has 11 heteroatoms. The number of halogens is 1. The molecule has 1 aromatic heterocycles. The van der Waals surface area contributed by atoms with Crippen LogP contribution in [0.15, 0.2) is 29.2 Å². The molecule has 1 aromatic carbocycles. The minimum Gasteiger partial charge on any atom is -0.469 e. The van der Waals surface area contributed by atoms with Crippen molar-refractivity contribution in [2.75, 3.05) is 24.9 Å². The normalized spacial score (nSPS) is 15.2. The van der Waals surface area contributed by atoms with Gasteiger partial charge in [0.25, 0.3) is 15.9 Å². The molecular weight excluding hydrogens is 421 g/mol. The fourth-order valence-corrected chi connectivity index (χ4v) is 5.22. The quantitative estimate of drug-likeness (QED) is 0.715. The number of carbonyl (C=O) groups is 2. The standard InChI is InChI=1S/C18H20FN3O5S2/c1-11-15(16(23)22-9-7-12(8-10-22)17(24)27-2)28-18(20-11)21-29(25,26)14-5-3-13(19)4-6-14/h3-6,12H,7-10H2,1-2H3,(H,20,21). The fourth-order valence-electron chi connectivity index (χ4n) is 3.05. The van der Waals surface area contributed by atoms with Crippen LogP contribution < -0.4 is 4.72 Å². The van der Waals surface area contributed by atoms with Crippen molar-refractivity contribution in [1.82, 2.24) is 9.88 Å². The number of sulfonamides is 1. The molecule has 0 saturated carbocycles. The van der Waals surface area contributed by atoms with Crippen LogP contribution in [0.5, 0.6) is 0 Å². The molecule has 8 nitrogen and oxygen atoms in total. The van der Waals surface area contributed by atoms with Crippen molar-refractivity contribution < 1.29 is 27.1 Å². The van der Waals surface area contributed by atoms with Crippen molar-refractivity contribution in [2.24, 2.45) is 5.92 Å². The van der Waals surface area contributed by atoms with Crippen molar-refractivity contribution in [3.8, 4) is 0 Å². The number of thiazole rings is 1. The summed E-state index contributed by atoms with van der Waals surface area (Å²) in [7, 11) is -2.61. The molecule has 1 amide bonds. The summed E-state index contributed by atoms with van der Waals surface area (Å²) in [4.78, 5) is 30.4. The van der Waals surface area contributed by atoms with Gasteiger partial charge in [0.05, 0.1) is 23.6 Å². The van der Waals surface area contributed by atoms with Crippen LogP contribution in [-0.4, -0.2) is 50.4 Å². The first-order valence-corrected chi connectivity index (χ1v) is 11.1. The van der Waals surface area contributed by atoms with Gasteiger partial charge in [-0.1, -0.05) is 11.3 Å². The largest absolute Gasteiger partial charge is 0.469 e. The highest BCUT2D eigenvalue weighted by atomic mass is 32.2. The molecule has 3 rings (SSSR count). The van der Waals surface area contributed by atoms with Crippen molar-refractivity contribution in [2.45, 2.75) is 24.7 Å². The van der Waals surface area contributed by atoms with Crippen LogP contribution in [0.2, 0.25) is 0 Å². The van der Waals surface area contributed by atoms with E-state index in [-0.39, 0.29) is 27.8 Å². The van der Waals surface area contributed by atoms with Gasteiger partial charge in [0, 0.05) is 13.1 Å². The zero-order valence-corrected chi connectivity index (χ0v) is 17.5. The van der Waals surface area contributed by atoms with E-state index in [2.05, 4.69) is 9.71 Å². The molecule has 0 unspecified atom stereocenters. The molecule has 1 aliphatic heterocycles. The molecule has 29 heavy (non-hydrogen) atoms. The number of anilines is 1. The van der Waals surface area contributed by atoms with Gasteiger partial charge in [0.15, 0.2) is 5.13 Å². The predicted octanol–water partition coefficient (Wildman–Crippen LogP) is 2.42. The van der Waals surface area contributed by atoms with Gasteiger partial charge in [0.2, 0.25) is 0 Å². The Morgan fingerprint density at radius 3 is 2.45 bits per heavy atom. The van der Waals surface area contributed by atoms with Crippen LogP contribution in [0.25, 0.3) is 0 Å². The lowest BCUT2D eigenvalue weighted by Crippen LogP contribution is -2.40. The maximum Gasteiger partial charge on any atom is 0.308 e. The smallest absolute Gasteiger partial charge is 0.308 e. The number of carbonyl (C=O) groups excluding carboxylic acids is 2. The van der Waals surface area contributed by atoms with Crippen molar-refractivity contribution in [3.63, 3.8) is 0 Å². The highest BCUT2D eigenvalue weighted by molar-refractivity contribution is 7.93. The van der Waals surface area contributed by atoms with Gasteiger partial charge in [-0.2, -0.15) is 0 Å². The third kappa shape index (κ3) is 4.73. The number of nitrogens with one attached hydrogen (secondary N) is 1. The number of aromatic nitrogens is 1. The summed E-state index contributed by atoms with van der Waals surface area (Å²) in [6.07, 6.45) is 1.03. The van der Waals surface area contributed by atoms with E-state index in [1.807, 2.05) is 0 Å². The topological polar surface area (TPSA) is 106 Å². The molecule has 1 N–H and O–H groups in total. The first kappa shape index (κ1) is 21.2. The second-order valence-electron chi connectivity index (χ2n) is 6.58. The molecule has 0 radical (unpaired) electrons. The maximum atomic E-state index is 13.0. The Morgan fingerprint density at radius 2 is 1.86 bits per heavy atom.